The van der Waals surface area contributed by atoms with E-state index in [4.69, 9.17) is 4.42 Å². The minimum Gasteiger partial charge on any atom is -0.461 e. The SMILES string of the molecule is CN=C(NCc1nc(-c2ccco2)n[nH]1)NCC(C)(C)c1cccc(F)c1. The van der Waals surface area contributed by atoms with Gasteiger partial charge in [-0.25, -0.2) is 9.37 Å². The zero-order valence-corrected chi connectivity index (χ0v) is 15.6. The van der Waals surface area contributed by atoms with Crippen LogP contribution in [-0.4, -0.2) is 34.7 Å². The Hall–Kier alpha value is -3.16. The first-order valence-corrected chi connectivity index (χ1v) is 8.63. The molecule has 0 bridgehead atoms. The zero-order chi connectivity index (χ0) is 19.3. The van der Waals surface area contributed by atoms with Gasteiger partial charge in [0, 0.05) is 19.0 Å². The molecular formula is C19H23FN6O. The summed E-state index contributed by atoms with van der Waals surface area (Å²) in [5, 5.41) is 13.4. The van der Waals surface area contributed by atoms with E-state index in [0.29, 0.717) is 36.5 Å². The predicted molar refractivity (Wildman–Crippen MR) is 102 cm³/mol. The van der Waals surface area contributed by atoms with Crippen molar-refractivity contribution in [3.8, 4) is 11.6 Å². The fraction of sp³-hybridized carbons (Fsp3) is 0.316. The summed E-state index contributed by atoms with van der Waals surface area (Å²) >= 11 is 0. The quantitative estimate of drug-likeness (QED) is 0.458. The molecule has 0 fully saturated rings. The fourth-order valence-corrected chi connectivity index (χ4v) is 2.59. The number of benzene rings is 1. The summed E-state index contributed by atoms with van der Waals surface area (Å²) in [5.74, 6) is 2.16. The Morgan fingerprint density at radius 3 is 2.81 bits per heavy atom. The summed E-state index contributed by atoms with van der Waals surface area (Å²) in [7, 11) is 1.69. The van der Waals surface area contributed by atoms with E-state index < -0.39 is 0 Å². The van der Waals surface area contributed by atoms with Gasteiger partial charge in [-0.1, -0.05) is 26.0 Å². The Labute approximate surface area is 157 Å². The summed E-state index contributed by atoms with van der Waals surface area (Å²) in [6.07, 6.45) is 1.58. The molecule has 0 aliphatic rings. The highest BCUT2D eigenvalue weighted by Gasteiger charge is 2.21. The van der Waals surface area contributed by atoms with E-state index in [-0.39, 0.29) is 11.2 Å². The number of aromatic nitrogens is 3. The molecule has 0 aliphatic carbocycles. The van der Waals surface area contributed by atoms with Gasteiger partial charge in [0.05, 0.1) is 12.8 Å². The van der Waals surface area contributed by atoms with Crippen molar-refractivity contribution in [1.82, 2.24) is 25.8 Å². The van der Waals surface area contributed by atoms with E-state index in [1.54, 1.807) is 37.6 Å². The second kappa shape index (κ2) is 8.03. The molecule has 3 rings (SSSR count). The number of nitrogens with one attached hydrogen (secondary N) is 3. The van der Waals surface area contributed by atoms with Crippen LogP contribution < -0.4 is 10.6 Å². The molecule has 0 saturated heterocycles. The normalized spacial score (nSPS) is 12.2. The van der Waals surface area contributed by atoms with Crippen LogP contribution in [-0.2, 0) is 12.0 Å². The molecule has 0 atom stereocenters. The molecule has 2 aromatic heterocycles. The molecule has 0 spiro atoms. The lowest BCUT2D eigenvalue weighted by molar-refractivity contribution is 0.503. The van der Waals surface area contributed by atoms with Crippen LogP contribution >= 0.6 is 0 Å². The average Bonchev–Trinajstić information content (AvgIpc) is 3.33. The van der Waals surface area contributed by atoms with E-state index in [0.717, 1.165) is 5.56 Å². The highest BCUT2D eigenvalue weighted by molar-refractivity contribution is 5.79. The van der Waals surface area contributed by atoms with Gasteiger partial charge in [-0.05, 0) is 29.8 Å². The number of H-pyrrole nitrogens is 1. The maximum atomic E-state index is 13.5. The van der Waals surface area contributed by atoms with Crippen LogP contribution in [0.2, 0.25) is 0 Å². The molecule has 0 radical (unpaired) electrons. The second-order valence-corrected chi connectivity index (χ2v) is 6.76. The number of halogens is 1. The van der Waals surface area contributed by atoms with E-state index in [9.17, 15) is 4.39 Å². The van der Waals surface area contributed by atoms with E-state index in [1.165, 1.54) is 6.07 Å². The standard InChI is InChI=1S/C19H23FN6O/c1-19(2,13-6-4-7-14(20)10-13)12-23-18(21-3)22-11-16-24-17(26-25-16)15-8-5-9-27-15/h4-10H,11-12H2,1-3H3,(H2,21,22,23)(H,24,25,26). The number of furan rings is 1. The van der Waals surface area contributed by atoms with Crippen LogP contribution in [0.5, 0.6) is 0 Å². The number of aromatic amines is 1. The second-order valence-electron chi connectivity index (χ2n) is 6.76. The van der Waals surface area contributed by atoms with Gasteiger partial charge in [-0.2, -0.15) is 0 Å². The Bertz CT molecular complexity index is 901. The van der Waals surface area contributed by atoms with Gasteiger partial charge in [0.15, 0.2) is 11.7 Å². The first kappa shape index (κ1) is 18.6. The van der Waals surface area contributed by atoms with Gasteiger partial charge < -0.3 is 15.1 Å². The average molecular weight is 370 g/mol. The van der Waals surface area contributed by atoms with Gasteiger partial charge in [-0.15, -0.1) is 5.10 Å². The van der Waals surface area contributed by atoms with E-state index in [1.807, 2.05) is 19.9 Å². The number of rotatable bonds is 6. The summed E-state index contributed by atoms with van der Waals surface area (Å²) < 4.78 is 18.8. The highest BCUT2D eigenvalue weighted by Crippen LogP contribution is 2.22. The van der Waals surface area contributed by atoms with Crippen LogP contribution in [0.3, 0.4) is 0 Å². The number of hydrogen-bond donors (Lipinski definition) is 3. The van der Waals surface area contributed by atoms with Crippen molar-refractivity contribution in [2.75, 3.05) is 13.6 Å². The molecule has 0 aliphatic heterocycles. The maximum Gasteiger partial charge on any atom is 0.216 e. The largest absolute Gasteiger partial charge is 0.461 e. The molecule has 3 N–H and O–H groups in total. The third-order valence-electron chi connectivity index (χ3n) is 4.22. The summed E-state index contributed by atoms with van der Waals surface area (Å²) in [5.41, 5.74) is 0.655. The molecule has 7 nitrogen and oxygen atoms in total. The van der Waals surface area contributed by atoms with Crippen LogP contribution in [0.4, 0.5) is 4.39 Å². The lowest BCUT2D eigenvalue weighted by Crippen LogP contribution is -2.43. The van der Waals surface area contributed by atoms with Gasteiger partial charge in [-0.3, -0.25) is 10.1 Å². The summed E-state index contributed by atoms with van der Waals surface area (Å²) in [6.45, 7) is 5.11. The van der Waals surface area contributed by atoms with Crippen molar-refractivity contribution in [3.05, 3.63) is 59.9 Å². The zero-order valence-electron chi connectivity index (χ0n) is 15.6. The Kier molecular flexibility index (Phi) is 5.54. The van der Waals surface area contributed by atoms with Gasteiger partial charge >= 0.3 is 0 Å². The van der Waals surface area contributed by atoms with Gasteiger partial charge in [0.2, 0.25) is 5.82 Å². The molecule has 8 heteroatoms. The lowest BCUT2D eigenvalue weighted by atomic mass is 9.84. The number of nitrogens with zero attached hydrogens (tertiary/aromatic N) is 3. The van der Waals surface area contributed by atoms with Crippen LogP contribution in [0, 0.1) is 5.82 Å². The van der Waals surface area contributed by atoms with Crippen molar-refractivity contribution in [2.24, 2.45) is 4.99 Å². The number of hydrogen-bond acceptors (Lipinski definition) is 4. The molecule has 1 aromatic carbocycles. The maximum absolute atomic E-state index is 13.5. The van der Waals surface area contributed by atoms with E-state index in [2.05, 4.69) is 30.8 Å². The molecular weight excluding hydrogens is 347 g/mol. The fourth-order valence-electron chi connectivity index (χ4n) is 2.59. The van der Waals surface area contributed by atoms with E-state index >= 15 is 0 Å². The lowest BCUT2D eigenvalue weighted by Gasteiger charge is -2.26. The first-order chi connectivity index (χ1) is 13.0. The summed E-state index contributed by atoms with van der Waals surface area (Å²) in [4.78, 5) is 8.59. The molecule has 142 valence electrons. The number of aliphatic imine (C=N–C) groups is 1. The molecule has 3 aromatic rings. The Balaban J connectivity index is 1.55. The van der Waals surface area contributed by atoms with Crippen molar-refractivity contribution in [3.63, 3.8) is 0 Å². The predicted octanol–water partition coefficient (Wildman–Crippen LogP) is 2.85. The van der Waals surface area contributed by atoms with Crippen LogP contribution in [0.1, 0.15) is 25.2 Å². The van der Waals surface area contributed by atoms with Crippen LogP contribution in [0.15, 0.2) is 52.1 Å². The van der Waals surface area contributed by atoms with Gasteiger partial charge in [0.25, 0.3) is 0 Å². The molecule has 2 heterocycles. The Morgan fingerprint density at radius 1 is 1.26 bits per heavy atom. The molecule has 27 heavy (non-hydrogen) atoms. The molecule has 0 unspecified atom stereocenters. The third kappa shape index (κ3) is 4.72. The third-order valence-corrected chi connectivity index (χ3v) is 4.22. The molecule has 0 amide bonds. The van der Waals surface area contributed by atoms with Crippen molar-refractivity contribution in [1.29, 1.82) is 0 Å². The van der Waals surface area contributed by atoms with Crippen LogP contribution in [0.25, 0.3) is 11.6 Å². The first-order valence-electron chi connectivity index (χ1n) is 8.63. The minimum atomic E-state index is -0.265. The number of guanidine groups is 1. The molecule has 0 saturated carbocycles. The monoisotopic (exact) mass is 370 g/mol. The highest BCUT2D eigenvalue weighted by atomic mass is 19.1. The smallest absolute Gasteiger partial charge is 0.216 e. The van der Waals surface area contributed by atoms with Gasteiger partial charge in [0.1, 0.15) is 11.6 Å². The Morgan fingerprint density at radius 2 is 2.11 bits per heavy atom. The summed E-state index contributed by atoms with van der Waals surface area (Å²) in [6, 6.07) is 10.2. The van der Waals surface area contributed by atoms with Crippen molar-refractivity contribution in [2.45, 2.75) is 25.8 Å². The van der Waals surface area contributed by atoms with Crippen molar-refractivity contribution >= 4 is 5.96 Å². The topological polar surface area (TPSA) is 91.1 Å². The minimum absolute atomic E-state index is 0.235. The van der Waals surface area contributed by atoms with Crippen molar-refractivity contribution < 1.29 is 8.81 Å².